The van der Waals surface area contributed by atoms with Gasteiger partial charge in [0.15, 0.2) is 0 Å². The molecule has 0 radical (unpaired) electrons. The number of carbonyl (C=O) groups is 1. The second kappa shape index (κ2) is 6.42. The average Bonchev–Trinajstić information content (AvgIpc) is 2.98. The molecule has 134 valence electrons. The van der Waals surface area contributed by atoms with Crippen molar-refractivity contribution in [3.8, 4) is 0 Å². The van der Waals surface area contributed by atoms with E-state index in [1.54, 1.807) is 11.3 Å². The Hall–Kier alpha value is -1.37. The average molecular weight is 360 g/mol. The van der Waals surface area contributed by atoms with Gasteiger partial charge in [0.2, 0.25) is 0 Å². The van der Waals surface area contributed by atoms with E-state index in [9.17, 15) is 4.79 Å². The van der Waals surface area contributed by atoms with Crippen molar-refractivity contribution in [2.45, 2.75) is 58.1 Å². The van der Waals surface area contributed by atoms with Crippen LogP contribution in [0, 0.1) is 6.92 Å². The Kier molecular flexibility index (Phi) is 4.73. The van der Waals surface area contributed by atoms with Gasteiger partial charge >= 0.3 is 13.1 Å². The van der Waals surface area contributed by atoms with E-state index in [4.69, 9.17) is 14.0 Å². The molecule has 1 saturated heterocycles. The first-order valence-electron chi connectivity index (χ1n) is 8.57. The lowest BCUT2D eigenvalue weighted by Gasteiger charge is -2.32. The summed E-state index contributed by atoms with van der Waals surface area (Å²) in [5.41, 5.74) is 0.317. The Morgan fingerprint density at radius 1 is 1.20 bits per heavy atom. The van der Waals surface area contributed by atoms with Crippen molar-refractivity contribution in [2.75, 3.05) is 7.11 Å². The van der Waals surface area contributed by atoms with Crippen molar-refractivity contribution >= 4 is 34.5 Å². The topological polar surface area (TPSA) is 44.8 Å². The number of hydrogen-bond acceptors (Lipinski definition) is 5. The van der Waals surface area contributed by atoms with Crippen molar-refractivity contribution in [1.82, 2.24) is 0 Å². The highest BCUT2D eigenvalue weighted by molar-refractivity contribution is 7.19. The number of ether oxygens (including phenoxy) is 1. The van der Waals surface area contributed by atoms with Gasteiger partial charge in [-0.25, -0.2) is 0 Å². The number of esters is 1. The molecule has 1 aromatic heterocycles. The lowest BCUT2D eigenvalue weighted by atomic mass is 9.68. The first-order valence-corrected chi connectivity index (χ1v) is 9.38. The second-order valence-electron chi connectivity index (χ2n) is 7.60. The summed E-state index contributed by atoms with van der Waals surface area (Å²) >= 11 is 1.70. The minimum absolute atomic E-state index is 0.189. The van der Waals surface area contributed by atoms with Crippen molar-refractivity contribution in [3.05, 3.63) is 34.7 Å². The van der Waals surface area contributed by atoms with Crippen molar-refractivity contribution < 1.29 is 18.8 Å². The van der Waals surface area contributed by atoms with E-state index in [1.807, 2.05) is 39.8 Å². The van der Waals surface area contributed by atoms with Crippen molar-refractivity contribution in [3.63, 3.8) is 0 Å². The van der Waals surface area contributed by atoms with E-state index >= 15 is 0 Å². The van der Waals surface area contributed by atoms with Crippen LogP contribution < -0.4 is 0 Å². The standard InChI is InChI=1S/C19H25BO4S/c1-12-13-9-7-8-10-15(13)25-17(12)14(11-16(21)22-6)20-23-18(2,3)19(4,5)24-20/h7-10,14H,11H2,1-6H3. The quantitative estimate of drug-likeness (QED) is 0.595. The van der Waals surface area contributed by atoms with Crippen LogP contribution in [0.1, 0.15) is 50.4 Å². The number of fused-ring (bicyclic) bond motifs is 1. The lowest BCUT2D eigenvalue weighted by molar-refractivity contribution is -0.140. The zero-order valence-electron chi connectivity index (χ0n) is 15.7. The molecule has 0 aliphatic carbocycles. The molecule has 6 heteroatoms. The molecule has 1 unspecified atom stereocenters. The molecule has 1 aliphatic heterocycles. The highest BCUT2D eigenvalue weighted by Gasteiger charge is 2.54. The fourth-order valence-electron chi connectivity index (χ4n) is 3.18. The molecular weight excluding hydrogens is 335 g/mol. The van der Waals surface area contributed by atoms with Gasteiger partial charge in [0.25, 0.3) is 0 Å². The van der Waals surface area contributed by atoms with Crippen LogP contribution in [0.3, 0.4) is 0 Å². The molecule has 1 fully saturated rings. The first-order chi connectivity index (χ1) is 11.7. The Morgan fingerprint density at radius 3 is 2.36 bits per heavy atom. The monoisotopic (exact) mass is 360 g/mol. The van der Waals surface area contributed by atoms with Gasteiger partial charge in [-0.2, -0.15) is 0 Å². The summed E-state index contributed by atoms with van der Waals surface area (Å²) in [5.74, 6) is -0.442. The molecule has 0 bridgehead atoms. The van der Waals surface area contributed by atoms with E-state index in [0.717, 1.165) is 4.88 Å². The number of rotatable bonds is 4. The lowest BCUT2D eigenvalue weighted by Crippen LogP contribution is -2.41. The van der Waals surface area contributed by atoms with Gasteiger partial charge in [0, 0.05) is 15.4 Å². The number of thiophene rings is 1. The Morgan fingerprint density at radius 2 is 1.80 bits per heavy atom. The summed E-state index contributed by atoms with van der Waals surface area (Å²) in [5, 5.41) is 1.22. The molecule has 1 aliphatic rings. The summed E-state index contributed by atoms with van der Waals surface area (Å²) < 4.78 is 18.7. The minimum atomic E-state index is -0.476. The molecule has 2 heterocycles. The van der Waals surface area contributed by atoms with Gasteiger partial charge in [-0.15, -0.1) is 11.3 Å². The third-order valence-electron chi connectivity index (χ3n) is 5.43. The van der Waals surface area contributed by atoms with E-state index < -0.39 is 18.3 Å². The Labute approximate surface area is 153 Å². The molecular formula is C19H25BO4S. The van der Waals surface area contributed by atoms with Crippen LogP contribution in [0.4, 0.5) is 0 Å². The molecule has 2 aromatic rings. The Bertz CT molecular complexity index is 780. The number of hydrogen-bond donors (Lipinski definition) is 0. The van der Waals surface area contributed by atoms with Crippen LogP contribution in [0.2, 0.25) is 0 Å². The molecule has 1 atom stereocenters. The smallest absolute Gasteiger partial charge is 0.467 e. The summed E-state index contributed by atoms with van der Waals surface area (Å²) in [7, 11) is 0.942. The molecule has 0 saturated carbocycles. The summed E-state index contributed by atoms with van der Waals surface area (Å²) in [6.45, 7) is 10.2. The molecule has 25 heavy (non-hydrogen) atoms. The third-order valence-corrected chi connectivity index (χ3v) is 6.84. The van der Waals surface area contributed by atoms with Gasteiger partial charge in [0.05, 0.1) is 24.7 Å². The SMILES string of the molecule is COC(=O)CC(B1OC(C)(C)C(C)(C)O1)c1sc2ccccc2c1C. The van der Waals surface area contributed by atoms with E-state index in [0.29, 0.717) is 0 Å². The molecule has 1 aromatic carbocycles. The van der Waals surface area contributed by atoms with Crippen LogP contribution in [0.5, 0.6) is 0 Å². The number of methoxy groups -OCH3 is 1. The maximum atomic E-state index is 12.1. The van der Waals surface area contributed by atoms with Gasteiger partial charge in [0.1, 0.15) is 0 Å². The van der Waals surface area contributed by atoms with Gasteiger partial charge in [-0.3, -0.25) is 4.79 Å². The molecule has 3 rings (SSSR count). The Balaban J connectivity index is 2.03. The molecule has 0 spiro atoms. The van der Waals surface area contributed by atoms with E-state index in [-0.39, 0.29) is 18.2 Å². The summed E-state index contributed by atoms with van der Waals surface area (Å²) in [6, 6.07) is 8.29. The van der Waals surface area contributed by atoms with Crippen LogP contribution in [-0.2, 0) is 18.8 Å². The van der Waals surface area contributed by atoms with Gasteiger partial charge in [-0.05, 0) is 51.6 Å². The van der Waals surface area contributed by atoms with Gasteiger partial charge in [-0.1, -0.05) is 18.2 Å². The molecule has 0 amide bonds. The first kappa shape index (κ1) is 18.4. The summed E-state index contributed by atoms with van der Waals surface area (Å²) in [6.07, 6.45) is 0.237. The number of carbonyl (C=O) groups excluding carboxylic acids is 1. The van der Waals surface area contributed by atoms with E-state index in [2.05, 4.69) is 19.1 Å². The fraction of sp³-hybridized carbons (Fsp3) is 0.526. The van der Waals surface area contributed by atoms with E-state index in [1.165, 1.54) is 22.8 Å². The number of benzene rings is 1. The normalized spacial score (nSPS) is 20.0. The fourth-order valence-corrected chi connectivity index (χ4v) is 4.50. The molecule has 4 nitrogen and oxygen atoms in total. The second-order valence-corrected chi connectivity index (χ2v) is 8.68. The van der Waals surface area contributed by atoms with Crippen LogP contribution in [0.15, 0.2) is 24.3 Å². The van der Waals surface area contributed by atoms with Crippen molar-refractivity contribution in [2.24, 2.45) is 0 Å². The third kappa shape index (κ3) is 3.23. The predicted molar refractivity (Wildman–Crippen MR) is 102 cm³/mol. The predicted octanol–water partition coefficient (Wildman–Crippen LogP) is 4.49. The zero-order chi connectivity index (χ0) is 18.4. The minimum Gasteiger partial charge on any atom is -0.469 e. The van der Waals surface area contributed by atoms with Gasteiger partial charge < -0.3 is 14.0 Å². The maximum absolute atomic E-state index is 12.1. The van der Waals surface area contributed by atoms with Crippen LogP contribution in [0.25, 0.3) is 10.1 Å². The largest absolute Gasteiger partial charge is 0.469 e. The van der Waals surface area contributed by atoms with Crippen LogP contribution >= 0.6 is 11.3 Å². The van der Waals surface area contributed by atoms with Crippen LogP contribution in [-0.4, -0.2) is 31.4 Å². The highest BCUT2D eigenvalue weighted by Crippen LogP contribution is 2.45. The van der Waals surface area contributed by atoms with Crippen molar-refractivity contribution in [1.29, 1.82) is 0 Å². The summed E-state index contributed by atoms with van der Waals surface area (Å²) in [4.78, 5) is 13.2. The maximum Gasteiger partial charge on any atom is 0.467 e. The zero-order valence-corrected chi connectivity index (χ0v) is 16.5. The highest BCUT2D eigenvalue weighted by atomic mass is 32.1. The number of aryl methyl sites for hydroxylation is 1. The molecule has 0 N–H and O–H groups in total.